The highest BCUT2D eigenvalue weighted by Gasteiger charge is 2.30. The fourth-order valence-corrected chi connectivity index (χ4v) is 4.05. The van der Waals surface area contributed by atoms with Gasteiger partial charge in [0.05, 0.1) is 18.6 Å². The van der Waals surface area contributed by atoms with Crippen LogP contribution in [-0.4, -0.2) is 36.1 Å². The molecule has 1 aromatic heterocycles. The molecular formula is C23H28N4O4. The Labute approximate surface area is 181 Å². The van der Waals surface area contributed by atoms with E-state index in [1.807, 2.05) is 13.8 Å². The number of carbonyl (C=O) groups is 2. The van der Waals surface area contributed by atoms with Crippen molar-refractivity contribution in [2.45, 2.75) is 45.2 Å². The minimum atomic E-state index is -0.799. The molecule has 1 aliphatic rings. The molecule has 31 heavy (non-hydrogen) atoms. The van der Waals surface area contributed by atoms with E-state index in [1.54, 1.807) is 37.6 Å². The topological polar surface area (TPSA) is 113 Å². The Kier molecular flexibility index (Phi) is 6.95. The molecule has 0 bridgehead atoms. The Bertz CT molecular complexity index is 1070. The second-order valence-corrected chi connectivity index (χ2v) is 8.30. The van der Waals surface area contributed by atoms with Gasteiger partial charge in [0.15, 0.2) is 0 Å². The number of pyridine rings is 1. The molecule has 2 N–H and O–H groups in total. The Balaban J connectivity index is 1.90. The molecule has 0 spiro atoms. The van der Waals surface area contributed by atoms with E-state index in [0.717, 1.165) is 0 Å². The maximum absolute atomic E-state index is 13.2. The molecule has 1 aromatic carbocycles. The van der Waals surface area contributed by atoms with E-state index in [-0.39, 0.29) is 29.7 Å². The molecule has 1 saturated heterocycles. The predicted octanol–water partition coefficient (Wildman–Crippen LogP) is 2.13. The van der Waals surface area contributed by atoms with Crippen LogP contribution >= 0.6 is 0 Å². The minimum Gasteiger partial charge on any atom is -0.496 e. The number of hydrogen-bond donors (Lipinski definition) is 2. The van der Waals surface area contributed by atoms with Crippen LogP contribution in [0.25, 0.3) is 10.8 Å². The number of nitrogens with one attached hydrogen (secondary N) is 2. The Hall–Kier alpha value is -3.34. The summed E-state index contributed by atoms with van der Waals surface area (Å²) < 4.78 is 6.76. The van der Waals surface area contributed by atoms with Crippen molar-refractivity contribution in [2.75, 3.05) is 13.7 Å². The molecule has 2 heterocycles. The smallest absolute Gasteiger partial charge is 0.259 e. The van der Waals surface area contributed by atoms with Gasteiger partial charge in [0, 0.05) is 24.0 Å². The van der Waals surface area contributed by atoms with Gasteiger partial charge < -0.3 is 19.9 Å². The summed E-state index contributed by atoms with van der Waals surface area (Å²) >= 11 is 0. The highest BCUT2D eigenvalue weighted by molar-refractivity contribution is 5.88. The van der Waals surface area contributed by atoms with Gasteiger partial charge >= 0.3 is 0 Å². The van der Waals surface area contributed by atoms with Gasteiger partial charge in [-0.3, -0.25) is 14.4 Å². The zero-order valence-electron chi connectivity index (χ0n) is 18.1. The van der Waals surface area contributed by atoms with Crippen LogP contribution in [0.4, 0.5) is 0 Å². The van der Waals surface area contributed by atoms with E-state index in [2.05, 4.69) is 16.7 Å². The third-order valence-electron chi connectivity index (χ3n) is 5.64. The van der Waals surface area contributed by atoms with Gasteiger partial charge in [-0.25, -0.2) is 0 Å². The number of aromatic nitrogens is 1. The fraction of sp³-hybridized carbons (Fsp3) is 0.478. The molecule has 8 heteroatoms. The summed E-state index contributed by atoms with van der Waals surface area (Å²) in [6.07, 6.45) is 2.94. The lowest BCUT2D eigenvalue weighted by Gasteiger charge is -2.24. The van der Waals surface area contributed by atoms with Crippen LogP contribution in [0, 0.1) is 23.2 Å². The summed E-state index contributed by atoms with van der Waals surface area (Å²) in [6, 6.07) is 7.51. The van der Waals surface area contributed by atoms with Crippen LogP contribution in [0.15, 0.2) is 35.3 Å². The number of rotatable bonds is 8. The van der Waals surface area contributed by atoms with Crippen molar-refractivity contribution in [1.82, 2.24) is 15.2 Å². The lowest BCUT2D eigenvalue weighted by molar-refractivity contribution is -0.126. The van der Waals surface area contributed by atoms with Crippen LogP contribution in [0.2, 0.25) is 0 Å². The molecule has 2 amide bonds. The standard InChI is InChI=1S/C23H28N4O4/c1-14(2)11-19(22(29)26-16(13-24)12-15-7-9-25-21(15)28)27-10-8-17-18(23(27)30)5-4-6-20(17)31-3/h4-6,8,10,14-16,19H,7,9,11-12H2,1-3H3,(H,25,28)(H,26,29)/t15-,16-,19-/m0/s1. The van der Waals surface area contributed by atoms with Crippen LogP contribution in [-0.2, 0) is 9.59 Å². The van der Waals surface area contributed by atoms with Gasteiger partial charge in [0.25, 0.3) is 5.56 Å². The van der Waals surface area contributed by atoms with E-state index in [1.165, 1.54) is 4.57 Å². The van der Waals surface area contributed by atoms with E-state index < -0.39 is 18.0 Å². The van der Waals surface area contributed by atoms with Gasteiger partial charge in [0.1, 0.15) is 17.8 Å². The van der Waals surface area contributed by atoms with Gasteiger partial charge in [-0.15, -0.1) is 0 Å². The normalized spacial score (nSPS) is 17.8. The SMILES string of the molecule is COc1cccc2c(=O)n([C@@H](CC(C)C)C(=O)N[C@H](C#N)C[C@@H]3CCNC3=O)ccc12. The lowest BCUT2D eigenvalue weighted by atomic mass is 9.98. The zero-order valence-corrected chi connectivity index (χ0v) is 18.1. The number of carbonyl (C=O) groups excluding carboxylic acids is 2. The van der Waals surface area contributed by atoms with Gasteiger partial charge in [-0.1, -0.05) is 19.9 Å². The first-order chi connectivity index (χ1) is 14.8. The first-order valence-electron chi connectivity index (χ1n) is 10.5. The second kappa shape index (κ2) is 9.65. The zero-order chi connectivity index (χ0) is 22.5. The number of amides is 2. The number of hydrogen-bond acceptors (Lipinski definition) is 5. The monoisotopic (exact) mass is 424 g/mol. The maximum atomic E-state index is 13.2. The van der Waals surface area contributed by atoms with E-state index in [4.69, 9.17) is 4.74 Å². The van der Waals surface area contributed by atoms with Crippen LogP contribution in [0.1, 0.15) is 39.2 Å². The van der Waals surface area contributed by atoms with E-state index >= 15 is 0 Å². The highest BCUT2D eigenvalue weighted by Crippen LogP contribution is 2.25. The molecule has 1 aliphatic heterocycles. The van der Waals surface area contributed by atoms with Crippen molar-refractivity contribution in [3.05, 3.63) is 40.8 Å². The summed E-state index contributed by atoms with van der Waals surface area (Å²) in [7, 11) is 1.54. The van der Waals surface area contributed by atoms with Crippen molar-refractivity contribution < 1.29 is 14.3 Å². The molecule has 0 unspecified atom stereocenters. The predicted molar refractivity (Wildman–Crippen MR) is 117 cm³/mol. The molecule has 2 aromatic rings. The Morgan fingerprint density at radius 3 is 2.71 bits per heavy atom. The second-order valence-electron chi connectivity index (χ2n) is 8.30. The molecular weight excluding hydrogens is 396 g/mol. The van der Waals surface area contributed by atoms with E-state index in [9.17, 15) is 19.6 Å². The molecule has 3 rings (SSSR count). The van der Waals surface area contributed by atoms with Gasteiger partial charge in [-0.05, 0) is 43.4 Å². The average molecular weight is 425 g/mol. The quantitative estimate of drug-likeness (QED) is 0.674. The number of methoxy groups -OCH3 is 1. The third-order valence-corrected chi connectivity index (χ3v) is 5.64. The first kappa shape index (κ1) is 22.3. The van der Waals surface area contributed by atoms with Gasteiger partial charge in [-0.2, -0.15) is 5.26 Å². The lowest BCUT2D eigenvalue weighted by Crippen LogP contribution is -2.43. The Morgan fingerprint density at radius 2 is 2.10 bits per heavy atom. The first-order valence-corrected chi connectivity index (χ1v) is 10.5. The summed E-state index contributed by atoms with van der Waals surface area (Å²) in [5.41, 5.74) is -0.291. The molecule has 8 nitrogen and oxygen atoms in total. The third kappa shape index (κ3) is 4.88. The van der Waals surface area contributed by atoms with Crippen molar-refractivity contribution in [3.8, 4) is 11.8 Å². The summed E-state index contributed by atoms with van der Waals surface area (Å²) in [5.74, 6) is -0.0453. The summed E-state index contributed by atoms with van der Waals surface area (Å²) in [4.78, 5) is 38.2. The Morgan fingerprint density at radius 1 is 1.32 bits per heavy atom. The van der Waals surface area contributed by atoms with Gasteiger partial charge in [0.2, 0.25) is 11.8 Å². The van der Waals surface area contributed by atoms with Crippen LogP contribution in [0.3, 0.4) is 0 Å². The molecule has 0 aliphatic carbocycles. The van der Waals surface area contributed by atoms with Crippen molar-refractivity contribution in [3.63, 3.8) is 0 Å². The molecule has 164 valence electrons. The fourth-order valence-electron chi connectivity index (χ4n) is 4.05. The molecule has 3 atom stereocenters. The summed E-state index contributed by atoms with van der Waals surface area (Å²) in [5, 5.41) is 16.2. The maximum Gasteiger partial charge on any atom is 0.259 e. The minimum absolute atomic E-state index is 0.0899. The van der Waals surface area contributed by atoms with Crippen molar-refractivity contribution in [2.24, 2.45) is 11.8 Å². The van der Waals surface area contributed by atoms with E-state index in [0.29, 0.717) is 35.9 Å². The number of fused-ring (bicyclic) bond motifs is 1. The van der Waals surface area contributed by atoms with Crippen LogP contribution < -0.4 is 20.9 Å². The molecule has 0 radical (unpaired) electrons. The number of benzene rings is 1. The highest BCUT2D eigenvalue weighted by atomic mass is 16.5. The number of nitrogens with zero attached hydrogens (tertiary/aromatic N) is 2. The van der Waals surface area contributed by atoms with Crippen molar-refractivity contribution in [1.29, 1.82) is 5.26 Å². The summed E-state index contributed by atoms with van der Waals surface area (Å²) in [6.45, 7) is 4.53. The van der Waals surface area contributed by atoms with Crippen molar-refractivity contribution >= 4 is 22.6 Å². The number of nitriles is 1. The number of ether oxygens (including phenoxy) is 1. The van der Waals surface area contributed by atoms with Crippen LogP contribution in [0.5, 0.6) is 5.75 Å². The largest absolute Gasteiger partial charge is 0.496 e. The average Bonchev–Trinajstić information content (AvgIpc) is 3.15. The molecule has 0 saturated carbocycles. The molecule has 1 fully saturated rings.